The SMILES string of the molecule is CC(C)(C)OC(=O)N[C@@H]1c2ccc(C(F)(F)F)nc2CC[C@@H]1O. The third-order valence-electron chi connectivity index (χ3n) is 3.37. The molecule has 1 heterocycles. The molecule has 8 heteroatoms. The number of halogens is 3. The number of aromatic nitrogens is 1. The number of ether oxygens (including phenoxy) is 1. The van der Waals surface area contributed by atoms with Gasteiger partial charge in [0.15, 0.2) is 0 Å². The first kappa shape index (κ1) is 17.5. The Balaban J connectivity index is 2.25. The van der Waals surface area contributed by atoms with Crippen molar-refractivity contribution in [2.24, 2.45) is 0 Å². The van der Waals surface area contributed by atoms with Gasteiger partial charge in [-0.1, -0.05) is 6.07 Å². The smallest absolute Gasteiger partial charge is 0.433 e. The standard InChI is InChI=1S/C15H19F3N2O3/c1-14(2,3)23-13(22)20-12-8-4-7-11(15(16,17)18)19-9(8)5-6-10(12)21/h4,7,10,12,21H,5-6H2,1-3H3,(H,20,22)/t10-,12+/m0/s1. The van der Waals surface area contributed by atoms with Crippen LogP contribution in [0.3, 0.4) is 0 Å². The Morgan fingerprint density at radius 3 is 2.57 bits per heavy atom. The maximum atomic E-state index is 12.7. The highest BCUT2D eigenvalue weighted by Gasteiger charge is 2.36. The van der Waals surface area contributed by atoms with E-state index in [2.05, 4.69) is 10.3 Å². The summed E-state index contributed by atoms with van der Waals surface area (Å²) in [6, 6.07) is 1.25. The van der Waals surface area contributed by atoms with Gasteiger partial charge in [-0.2, -0.15) is 13.2 Å². The Morgan fingerprint density at radius 1 is 1.35 bits per heavy atom. The Labute approximate surface area is 131 Å². The van der Waals surface area contributed by atoms with Gasteiger partial charge in [-0.3, -0.25) is 0 Å². The van der Waals surface area contributed by atoms with Crippen molar-refractivity contribution in [3.05, 3.63) is 29.1 Å². The fourth-order valence-electron chi connectivity index (χ4n) is 2.42. The zero-order valence-corrected chi connectivity index (χ0v) is 13.1. The summed E-state index contributed by atoms with van der Waals surface area (Å²) in [7, 11) is 0. The van der Waals surface area contributed by atoms with Crippen molar-refractivity contribution in [3.63, 3.8) is 0 Å². The summed E-state index contributed by atoms with van der Waals surface area (Å²) in [5.74, 6) is 0. The number of aliphatic hydroxyl groups is 1. The first-order valence-corrected chi connectivity index (χ1v) is 7.22. The second-order valence-electron chi connectivity index (χ2n) is 6.46. The van der Waals surface area contributed by atoms with Crippen LogP contribution >= 0.6 is 0 Å². The van der Waals surface area contributed by atoms with E-state index >= 15 is 0 Å². The Kier molecular flexibility index (Phi) is 4.57. The zero-order chi connectivity index (χ0) is 17.4. The Morgan fingerprint density at radius 2 is 2.00 bits per heavy atom. The lowest BCUT2D eigenvalue weighted by atomic mass is 9.88. The molecule has 1 aromatic rings. The van der Waals surface area contributed by atoms with E-state index in [1.165, 1.54) is 6.07 Å². The van der Waals surface area contributed by atoms with E-state index in [9.17, 15) is 23.1 Å². The van der Waals surface area contributed by atoms with Gasteiger partial charge < -0.3 is 15.2 Å². The van der Waals surface area contributed by atoms with Crippen molar-refractivity contribution >= 4 is 6.09 Å². The summed E-state index contributed by atoms with van der Waals surface area (Å²) in [6.07, 6.45) is -5.75. The van der Waals surface area contributed by atoms with Gasteiger partial charge in [-0.15, -0.1) is 0 Å². The van der Waals surface area contributed by atoms with E-state index in [-0.39, 0.29) is 18.5 Å². The lowest BCUT2D eigenvalue weighted by molar-refractivity contribution is -0.141. The van der Waals surface area contributed by atoms with E-state index < -0.39 is 35.7 Å². The number of nitrogens with one attached hydrogen (secondary N) is 1. The largest absolute Gasteiger partial charge is 0.444 e. The minimum absolute atomic E-state index is 0.210. The molecule has 128 valence electrons. The molecule has 1 aromatic heterocycles. The average molecular weight is 332 g/mol. The van der Waals surface area contributed by atoms with Crippen LogP contribution in [0.25, 0.3) is 0 Å². The van der Waals surface area contributed by atoms with Gasteiger partial charge in [0, 0.05) is 5.69 Å². The van der Waals surface area contributed by atoms with Crippen molar-refractivity contribution in [3.8, 4) is 0 Å². The van der Waals surface area contributed by atoms with E-state index in [1.807, 2.05) is 0 Å². The summed E-state index contributed by atoms with van der Waals surface area (Å²) >= 11 is 0. The van der Waals surface area contributed by atoms with Crippen molar-refractivity contribution in [1.82, 2.24) is 10.3 Å². The summed E-state index contributed by atoms with van der Waals surface area (Å²) in [5.41, 5.74) is -1.09. The molecule has 0 aromatic carbocycles. The van der Waals surface area contributed by atoms with Gasteiger partial charge in [0.1, 0.15) is 11.3 Å². The number of aryl methyl sites for hydroxylation is 1. The molecular formula is C15H19F3N2O3. The van der Waals surface area contributed by atoms with E-state index in [1.54, 1.807) is 20.8 Å². The number of hydrogen-bond donors (Lipinski definition) is 2. The number of rotatable bonds is 1. The van der Waals surface area contributed by atoms with Crippen LogP contribution in [0.1, 0.15) is 50.2 Å². The molecule has 5 nitrogen and oxygen atoms in total. The molecule has 1 amide bonds. The van der Waals surface area contributed by atoms with Crippen LogP contribution in [0.4, 0.5) is 18.0 Å². The second kappa shape index (κ2) is 5.99. The number of nitrogens with zero attached hydrogens (tertiary/aromatic N) is 1. The summed E-state index contributed by atoms with van der Waals surface area (Å²) < 4.78 is 43.3. The molecule has 0 fully saturated rings. The number of hydrogen-bond acceptors (Lipinski definition) is 4. The van der Waals surface area contributed by atoms with E-state index in [0.717, 1.165) is 6.07 Å². The van der Waals surface area contributed by atoms with Crippen molar-refractivity contribution < 1.29 is 27.8 Å². The number of amides is 1. The third-order valence-corrected chi connectivity index (χ3v) is 3.37. The van der Waals surface area contributed by atoms with Gasteiger partial charge in [0.05, 0.1) is 12.1 Å². The van der Waals surface area contributed by atoms with E-state index in [4.69, 9.17) is 4.74 Å². The fourth-order valence-corrected chi connectivity index (χ4v) is 2.42. The first-order valence-electron chi connectivity index (χ1n) is 7.22. The molecule has 0 saturated carbocycles. The maximum Gasteiger partial charge on any atom is 0.433 e. The molecule has 0 saturated heterocycles. The quantitative estimate of drug-likeness (QED) is 0.829. The number of pyridine rings is 1. The van der Waals surface area contributed by atoms with Crippen LogP contribution in [0, 0.1) is 0 Å². The van der Waals surface area contributed by atoms with Gasteiger partial charge in [0.2, 0.25) is 0 Å². The predicted octanol–water partition coefficient (Wildman–Crippen LogP) is 2.97. The van der Waals surface area contributed by atoms with Gasteiger partial charge >= 0.3 is 12.3 Å². The van der Waals surface area contributed by atoms with Crippen molar-refractivity contribution in [2.75, 3.05) is 0 Å². The Hall–Kier alpha value is -1.83. The zero-order valence-electron chi connectivity index (χ0n) is 13.1. The molecule has 0 bridgehead atoms. The highest BCUT2D eigenvalue weighted by atomic mass is 19.4. The van der Waals surface area contributed by atoms with Crippen molar-refractivity contribution in [2.45, 2.75) is 57.5 Å². The number of fused-ring (bicyclic) bond motifs is 1. The molecular weight excluding hydrogens is 313 g/mol. The summed E-state index contributed by atoms with van der Waals surface area (Å²) in [6.45, 7) is 5.07. The van der Waals surface area contributed by atoms with Gasteiger partial charge in [-0.05, 0) is 45.2 Å². The van der Waals surface area contributed by atoms with Crippen molar-refractivity contribution in [1.29, 1.82) is 0 Å². The summed E-state index contributed by atoms with van der Waals surface area (Å²) in [4.78, 5) is 15.5. The predicted molar refractivity (Wildman–Crippen MR) is 75.7 cm³/mol. The monoisotopic (exact) mass is 332 g/mol. The number of alkyl halides is 3. The Bertz CT molecular complexity index is 597. The highest BCUT2D eigenvalue weighted by Crippen LogP contribution is 2.33. The van der Waals surface area contributed by atoms with Crippen LogP contribution in [0.2, 0.25) is 0 Å². The average Bonchev–Trinajstić information content (AvgIpc) is 2.38. The molecule has 2 rings (SSSR count). The molecule has 2 N–H and O–H groups in total. The van der Waals surface area contributed by atoms with Crippen LogP contribution in [0.5, 0.6) is 0 Å². The lowest BCUT2D eigenvalue weighted by Gasteiger charge is -2.31. The molecule has 1 aliphatic carbocycles. The van der Waals surface area contributed by atoms with E-state index in [0.29, 0.717) is 5.56 Å². The van der Waals surface area contributed by atoms with Crippen LogP contribution in [-0.4, -0.2) is 27.9 Å². The van der Waals surface area contributed by atoms with Crippen LogP contribution < -0.4 is 5.32 Å². The maximum absolute atomic E-state index is 12.7. The molecule has 2 atom stereocenters. The first-order chi connectivity index (χ1) is 10.5. The number of aliphatic hydroxyl groups excluding tert-OH is 1. The second-order valence-corrected chi connectivity index (χ2v) is 6.46. The minimum atomic E-state index is -4.53. The summed E-state index contributed by atoms with van der Waals surface area (Å²) in [5, 5.41) is 12.6. The molecule has 0 aliphatic heterocycles. The molecule has 0 radical (unpaired) electrons. The molecule has 0 unspecified atom stereocenters. The number of carbonyl (C=O) groups excluding carboxylic acids is 1. The molecule has 23 heavy (non-hydrogen) atoms. The highest BCUT2D eigenvalue weighted by molar-refractivity contribution is 5.68. The van der Waals surface area contributed by atoms with Gasteiger partial charge in [-0.25, -0.2) is 9.78 Å². The normalized spacial score (nSPS) is 21.5. The third kappa shape index (κ3) is 4.34. The lowest BCUT2D eigenvalue weighted by Crippen LogP contribution is -2.42. The number of carbonyl (C=O) groups is 1. The molecule has 1 aliphatic rings. The van der Waals surface area contributed by atoms with Gasteiger partial charge in [0.25, 0.3) is 0 Å². The van der Waals surface area contributed by atoms with Crippen LogP contribution in [0.15, 0.2) is 12.1 Å². The fraction of sp³-hybridized carbons (Fsp3) is 0.600. The molecule has 0 spiro atoms. The van der Waals surface area contributed by atoms with Crippen LogP contribution in [-0.2, 0) is 17.3 Å². The minimum Gasteiger partial charge on any atom is -0.444 e. The topological polar surface area (TPSA) is 71.5 Å². The number of alkyl carbamates (subject to hydrolysis) is 1.